The quantitative estimate of drug-likeness (QED) is 0.591. The monoisotopic (exact) mass is 550 g/mol. The summed E-state index contributed by atoms with van der Waals surface area (Å²) in [5.74, 6) is 0.504. The highest BCUT2D eigenvalue weighted by molar-refractivity contribution is 6.30. The highest BCUT2D eigenvalue weighted by Gasteiger charge is 2.37. The number of aliphatic imine (C=N–C) groups is 1. The van der Waals surface area contributed by atoms with Crippen molar-refractivity contribution in [3.63, 3.8) is 0 Å². The molecule has 0 bridgehead atoms. The van der Waals surface area contributed by atoms with Gasteiger partial charge in [0.05, 0.1) is 18.3 Å². The zero-order valence-corrected chi connectivity index (χ0v) is 23.4. The molecule has 6 rings (SSSR count). The van der Waals surface area contributed by atoms with Crippen LogP contribution in [0.25, 0.3) is 0 Å². The lowest BCUT2D eigenvalue weighted by Crippen LogP contribution is -2.61. The van der Waals surface area contributed by atoms with Gasteiger partial charge in [0.15, 0.2) is 0 Å². The minimum Gasteiger partial charge on any atom is -0.369 e. The fraction of sp³-hybridized carbons (Fsp3) is 0.467. The van der Waals surface area contributed by atoms with Gasteiger partial charge in [0.2, 0.25) is 5.91 Å². The van der Waals surface area contributed by atoms with E-state index in [1.165, 1.54) is 11.8 Å². The lowest BCUT2D eigenvalue weighted by molar-refractivity contribution is -0.129. The minimum absolute atomic E-state index is 0.0269. The number of rotatable bonds is 6. The molecule has 7 nitrogen and oxygen atoms in total. The Morgan fingerprint density at radius 1 is 1.08 bits per heavy atom. The largest absolute Gasteiger partial charge is 0.369 e. The van der Waals surface area contributed by atoms with E-state index in [9.17, 15) is 9.18 Å². The highest BCUT2D eigenvalue weighted by atomic mass is 35.5. The molecular weight excluding hydrogens is 515 g/mol. The summed E-state index contributed by atoms with van der Waals surface area (Å²) in [6.07, 6.45) is 3.08. The summed E-state index contributed by atoms with van der Waals surface area (Å²) in [5.41, 5.74) is 3.70. The first kappa shape index (κ1) is 26.3. The van der Waals surface area contributed by atoms with Gasteiger partial charge in [-0.3, -0.25) is 14.7 Å². The Balaban J connectivity index is 1.23. The number of anilines is 1. The van der Waals surface area contributed by atoms with Gasteiger partial charge >= 0.3 is 0 Å². The predicted octanol–water partition coefficient (Wildman–Crippen LogP) is 3.91. The van der Waals surface area contributed by atoms with Gasteiger partial charge in [-0.25, -0.2) is 4.39 Å². The number of hydrogen-bond donors (Lipinski definition) is 1. The lowest BCUT2D eigenvalue weighted by atomic mass is 9.87. The number of carbonyl (C=O) groups is 1. The van der Waals surface area contributed by atoms with Crippen LogP contribution in [0.2, 0.25) is 5.02 Å². The zero-order valence-electron chi connectivity index (χ0n) is 22.6. The van der Waals surface area contributed by atoms with Crippen molar-refractivity contribution in [2.45, 2.75) is 32.0 Å². The van der Waals surface area contributed by atoms with Gasteiger partial charge in [0.1, 0.15) is 11.7 Å². The average Bonchev–Trinajstić information content (AvgIpc) is 2.92. The number of halogens is 2. The molecule has 2 aromatic carbocycles. The molecule has 0 aromatic heterocycles. The number of benzene rings is 2. The number of nitrogens with one attached hydrogen (secondary N) is 1. The summed E-state index contributed by atoms with van der Waals surface area (Å²) in [6.45, 7) is 9.09. The van der Waals surface area contributed by atoms with E-state index in [1.807, 2.05) is 4.90 Å². The number of carbonyl (C=O) groups excluding carboxylic acids is 1. The van der Waals surface area contributed by atoms with E-state index in [2.05, 4.69) is 52.4 Å². The standard InChI is InChI=1S/C30H36ClFN6O/c1-3-20-14-27-30(38(19-28(39)35(27)2)18-22-4-7-23(31)15-26(22)32)34-29(20)21-5-8-24(9-6-21)36-10-12-37(13-11-36)25-16-33-17-25/h4-9,14-15,20,25,29,33H,3,10-13,16-19H2,1-2H3. The van der Waals surface area contributed by atoms with Crippen LogP contribution < -0.4 is 10.2 Å². The molecular formula is C30H36ClFN6O. The van der Waals surface area contributed by atoms with Crippen molar-refractivity contribution in [3.8, 4) is 0 Å². The van der Waals surface area contributed by atoms with Crippen molar-refractivity contribution in [3.05, 3.63) is 76.2 Å². The molecule has 0 radical (unpaired) electrons. The molecule has 206 valence electrons. The first-order valence-electron chi connectivity index (χ1n) is 14.0. The van der Waals surface area contributed by atoms with Crippen LogP contribution in [0.1, 0.15) is 30.5 Å². The molecule has 0 saturated carbocycles. The SMILES string of the molecule is CCC1C=C2C(=NC1c1ccc(N3CCN(C4CNC4)CC3)cc1)N(Cc1ccc(Cl)cc1F)CC(=O)N2C. The fourth-order valence-corrected chi connectivity index (χ4v) is 6.21. The van der Waals surface area contributed by atoms with Crippen molar-refractivity contribution in [2.75, 3.05) is 57.8 Å². The van der Waals surface area contributed by atoms with Gasteiger partial charge in [-0.15, -0.1) is 0 Å². The van der Waals surface area contributed by atoms with Crippen molar-refractivity contribution in [1.29, 1.82) is 0 Å². The second-order valence-electron chi connectivity index (χ2n) is 11.0. The smallest absolute Gasteiger partial charge is 0.246 e. The number of piperazine rings is 2. The Hall–Kier alpha value is -2.94. The summed E-state index contributed by atoms with van der Waals surface area (Å²) in [6, 6.07) is 14.2. The molecule has 0 aliphatic carbocycles. The molecule has 9 heteroatoms. The molecule has 3 saturated heterocycles. The number of fused-ring (bicyclic) bond motifs is 1. The summed E-state index contributed by atoms with van der Waals surface area (Å²) >= 11 is 5.96. The Kier molecular flexibility index (Phi) is 7.35. The van der Waals surface area contributed by atoms with Gasteiger partial charge in [-0.1, -0.05) is 42.8 Å². The molecule has 2 aromatic rings. The van der Waals surface area contributed by atoms with Crippen LogP contribution in [-0.4, -0.2) is 85.3 Å². The maximum absolute atomic E-state index is 14.7. The zero-order chi connectivity index (χ0) is 27.1. The van der Waals surface area contributed by atoms with E-state index in [1.54, 1.807) is 24.1 Å². The molecule has 1 N–H and O–H groups in total. The number of nitrogens with zero attached hydrogens (tertiary/aromatic N) is 5. The van der Waals surface area contributed by atoms with E-state index >= 15 is 0 Å². The Labute approximate surface area is 234 Å². The number of hydrogen-bond acceptors (Lipinski definition) is 6. The molecule has 2 unspecified atom stereocenters. The normalized spacial score (nSPS) is 24.3. The van der Waals surface area contributed by atoms with Crippen LogP contribution in [0.5, 0.6) is 0 Å². The molecule has 1 amide bonds. The Morgan fingerprint density at radius 3 is 2.46 bits per heavy atom. The van der Waals surface area contributed by atoms with Gasteiger partial charge in [0.25, 0.3) is 0 Å². The van der Waals surface area contributed by atoms with Gasteiger partial charge in [-0.05, 0) is 36.2 Å². The van der Waals surface area contributed by atoms with Gasteiger partial charge in [0, 0.05) is 81.1 Å². The molecule has 2 atom stereocenters. The Bertz CT molecular complexity index is 1280. The summed E-state index contributed by atoms with van der Waals surface area (Å²) < 4.78 is 14.7. The van der Waals surface area contributed by atoms with E-state index < -0.39 is 0 Å². The third kappa shape index (κ3) is 5.17. The summed E-state index contributed by atoms with van der Waals surface area (Å²) in [5, 5.41) is 3.73. The fourth-order valence-electron chi connectivity index (χ4n) is 6.05. The number of dihydropyridines is 1. The van der Waals surface area contributed by atoms with E-state index in [4.69, 9.17) is 16.6 Å². The Morgan fingerprint density at radius 2 is 1.82 bits per heavy atom. The number of amides is 1. The van der Waals surface area contributed by atoms with Crippen molar-refractivity contribution in [2.24, 2.45) is 10.9 Å². The molecule has 4 aliphatic rings. The van der Waals surface area contributed by atoms with Crippen LogP contribution in [0.15, 0.2) is 59.2 Å². The second-order valence-corrected chi connectivity index (χ2v) is 11.4. The van der Waals surface area contributed by atoms with Crippen molar-refractivity contribution < 1.29 is 9.18 Å². The summed E-state index contributed by atoms with van der Waals surface area (Å²) in [4.78, 5) is 26.7. The lowest BCUT2D eigenvalue weighted by Gasteiger charge is -2.44. The maximum atomic E-state index is 14.7. The molecule has 4 heterocycles. The topological polar surface area (TPSA) is 54.4 Å². The van der Waals surface area contributed by atoms with Crippen molar-refractivity contribution >= 4 is 29.0 Å². The van der Waals surface area contributed by atoms with Gasteiger partial charge in [-0.2, -0.15) is 0 Å². The van der Waals surface area contributed by atoms with Crippen molar-refractivity contribution in [1.82, 2.24) is 20.0 Å². The second kappa shape index (κ2) is 10.9. The van der Waals surface area contributed by atoms with E-state index in [-0.39, 0.29) is 36.8 Å². The predicted molar refractivity (Wildman–Crippen MR) is 154 cm³/mol. The minimum atomic E-state index is -0.375. The molecule has 3 fully saturated rings. The maximum Gasteiger partial charge on any atom is 0.246 e. The average molecular weight is 551 g/mol. The molecule has 0 spiro atoms. The number of amidine groups is 1. The van der Waals surface area contributed by atoms with Crippen LogP contribution in [0.4, 0.5) is 10.1 Å². The van der Waals surface area contributed by atoms with Crippen LogP contribution in [0.3, 0.4) is 0 Å². The number of likely N-dealkylation sites (N-methyl/N-ethyl adjacent to an activating group) is 1. The first-order chi connectivity index (χ1) is 18.9. The van der Waals surface area contributed by atoms with Crippen LogP contribution in [0, 0.1) is 11.7 Å². The first-order valence-corrected chi connectivity index (χ1v) is 14.3. The van der Waals surface area contributed by atoms with Crippen LogP contribution >= 0.6 is 11.6 Å². The van der Waals surface area contributed by atoms with Gasteiger partial charge < -0.3 is 20.0 Å². The van der Waals surface area contributed by atoms with E-state index in [0.717, 1.165) is 62.8 Å². The third-order valence-electron chi connectivity index (χ3n) is 8.67. The third-order valence-corrected chi connectivity index (χ3v) is 8.90. The molecule has 4 aliphatic heterocycles. The molecule has 39 heavy (non-hydrogen) atoms. The van der Waals surface area contributed by atoms with Crippen LogP contribution in [-0.2, 0) is 11.3 Å². The highest BCUT2D eigenvalue weighted by Crippen LogP contribution is 2.38. The van der Waals surface area contributed by atoms with E-state index in [0.29, 0.717) is 16.6 Å². The summed E-state index contributed by atoms with van der Waals surface area (Å²) in [7, 11) is 1.80.